The van der Waals surface area contributed by atoms with Crippen LogP contribution in [0.1, 0.15) is 110 Å². The van der Waals surface area contributed by atoms with Gasteiger partial charge in [-0.3, -0.25) is 4.79 Å². The van der Waals surface area contributed by atoms with E-state index in [4.69, 9.17) is 5.11 Å². The van der Waals surface area contributed by atoms with Crippen LogP contribution < -0.4 is 0 Å². The third-order valence-corrected chi connectivity index (χ3v) is 3.99. The van der Waals surface area contributed by atoms with E-state index >= 15 is 0 Å². The normalized spacial score (nSPS) is 8.68. The summed E-state index contributed by atoms with van der Waals surface area (Å²) in [6, 6.07) is 0. The Morgan fingerprint density at radius 1 is 0.560 bits per heavy atom. The van der Waals surface area contributed by atoms with Crippen molar-refractivity contribution in [1.82, 2.24) is 0 Å². The molecule has 0 radical (unpaired) electrons. The molecular formula is C18H36Al2O5. The zero-order valence-corrected chi connectivity index (χ0v) is 18.4. The average Bonchev–Trinajstić information content (AvgIpc) is 2.43. The molecule has 5 nitrogen and oxygen atoms in total. The predicted octanol–water partition coefficient (Wildman–Crippen LogP) is 5.21. The molecule has 0 aliphatic carbocycles. The first-order chi connectivity index (χ1) is 9.77. The van der Waals surface area contributed by atoms with Gasteiger partial charge in [0.2, 0.25) is 0 Å². The Balaban J connectivity index is -0.000000180. The van der Waals surface area contributed by atoms with Crippen LogP contribution in [-0.4, -0.2) is 45.8 Å². The van der Waals surface area contributed by atoms with E-state index in [1.807, 2.05) is 0 Å². The quantitative estimate of drug-likeness (QED) is 0.289. The van der Waals surface area contributed by atoms with Crippen molar-refractivity contribution < 1.29 is 26.3 Å². The maximum Gasteiger partial charge on any atom is 3.00 e. The monoisotopic (exact) mass is 386 g/mol. The summed E-state index contributed by atoms with van der Waals surface area (Å²) in [7, 11) is 0. The van der Waals surface area contributed by atoms with Crippen molar-refractivity contribution in [2.75, 3.05) is 0 Å². The fourth-order valence-electron chi connectivity index (χ4n) is 2.65. The second kappa shape index (κ2) is 35.5. The van der Waals surface area contributed by atoms with E-state index in [2.05, 4.69) is 6.92 Å². The van der Waals surface area contributed by atoms with Crippen LogP contribution in [0.5, 0.6) is 0 Å². The van der Waals surface area contributed by atoms with Gasteiger partial charge in [-0.15, -0.1) is 0 Å². The summed E-state index contributed by atoms with van der Waals surface area (Å²) < 4.78 is 0. The fourth-order valence-corrected chi connectivity index (χ4v) is 2.65. The van der Waals surface area contributed by atoms with Crippen molar-refractivity contribution in [2.45, 2.75) is 110 Å². The molecule has 0 saturated carbocycles. The first-order valence-corrected chi connectivity index (χ1v) is 8.99. The van der Waals surface area contributed by atoms with Crippen LogP contribution in [0.25, 0.3) is 0 Å². The third-order valence-electron chi connectivity index (χ3n) is 3.99. The van der Waals surface area contributed by atoms with E-state index in [-0.39, 0.29) is 51.2 Å². The average molecular weight is 386 g/mol. The van der Waals surface area contributed by atoms with Gasteiger partial charge in [0.05, 0.1) is 0 Å². The Labute approximate surface area is 176 Å². The number of hydrogen-bond donors (Lipinski definition) is 1. The molecule has 0 amide bonds. The standard InChI is InChI=1S/C18H36O2.2Al.3O/c1-2-3-4-5-6-7-8-9-10-11-12-13-14-15-16-17-18(19)20;;;;;/h2-17H2,1H3,(H,19,20);;;;;/q;2*+3;3*-2. The molecule has 0 aromatic rings. The maximum absolute atomic E-state index is 10.3. The van der Waals surface area contributed by atoms with Crippen molar-refractivity contribution in [1.29, 1.82) is 0 Å². The van der Waals surface area contributed by atoms with Crippen LogP contribution in [0.4, 0.5) is 0 Å². The molecule has 0 aromatic heterocycles. The number of unbranched alkanes of at least 4 members (excludes halogenated alkanes) is 14. The summed E-state index contributed by atoms with van der Waals surface area (Å²) >= 11 is 0. The second-order valence-corrected chi connectivity index (χ2v) is 6.09. The van der Waals surface area contributed by atoms with E-state index in [0.29, 0.717) is 6.42 Å². The number of carboxylic acid groups (broad SMARTS) is 1. The Hall–Kier alpha value is 0.415. The molecule has 0 unspecified atom stereocenters. The topological polar surface area (TPSA) is 123 Å². The van der Waals surface area contributed by atoms with Crippen molar-refractivity contribution in [3.63, 3.8) is 0 Å². The smallest absolute Gasteiger partial charge is 2.00 e. The SMILES string of the molecule is CCCCCCCCCCCCCCCCCC(=O)O.[Al+3].[Al+3].[O-2].[O-2].[O-2]. The van der Waals surface area contributed by atoms with E-state index in [9.17, 15) is 4.79 Å². The van der Waals surface area contributed by atoms with Gasteiger partial charge in [-0.05, 0) is 6.42 Å². The third kappa shape index (κ3) is 40.4. The minimum atomic E-state index is -0.653. The molecule has 0 spiro atoms. The Morgan fingerprint density at radius 2 is 0.800 bits per heavy atom. The van der Waals surface area contributed by atoms with Crippen LogP contribution in [0.2, 0.25) is 0 Å². The minimum absolute atomic E-state index is 0. The van der Waals surface area contributed by atoms with E-state index in [0.717, 1.165) is 12.8 Å². The first kappa shape index (κ1) is 40.2. The predicted molar refractivity (Wildman–Crippen MR) is 101 cm³/mol. The molecule has 0 rings (SSSR count). The van der Waals surface area contributed by atoms with Crippen LogP contribution in [0, 0.1) is 0 Å². The van der Waals surface area contributed by atoms with Crippen molar-refractivity contribution in [3.05, 3.63) is 0 Å². The summed E-state index contributed by atoms with van der Waals surface area (Å²) in [6.07, 6.45) is 20.2. The van der Waals surface area contributed by atoms with Gasteiger partial charge in [-0.1, -0.05) is 96.8 Å². The summed E-state index contributed by atoms with van der Waals surface area (Å²) in [4.78, 5) is 10.3. The van der Waals surface area contributed by atoms with E-state index in [1.54, 1.807) is 0 Å². The van der Waals surface area contributed by atoms with E-state index in [1.165, 1.54) is 83.5 Å². The molecule has 144 valence electrons. The Bertz CT molecular complexity index is 220. The van der Waals surface area contributed by atoms with Gasteiger partial charge in [0.1, 0.15) is 0 Å². The van der Waals surface area contributed by atoms with Crippen LogP contribution in [0.15, 0.2) is 0 Å². The zero-order valence-electron chi connectivity index (χ0n) is 16.0. The van der Waals surface area contributed by atoms with Crippen molar-refractivity contribution in [3.8, 4) is 0 Å². The Morgan fingerprint density at radius 3 is 1.04 bits per heavy atom. The molecule has 0 aliphatic rings. The molecule has 0 aliphatic heterocycles. The molecule has 25 heavy (non-hydrogen) atoms. The number of rotatable bonds is 16. The number of carboxylic acids is 1. The van der Waals surface area contributed by atoms with Crippen LogP contribution >= 0.6 is 0 Å². The largest absolute Gasteiger partial charge is 3.00 e. The molecule has 0 bridgehead atoms. The summed E-state index contributed by atoms with van der Waals surface area (Å²) in [6.45, 7) is 2.27. The molecule has 0 heterocycles. The van der Waals surface area contributed by atoms with Gasteiger partial charge in [0.25, 0.3) is 0 Å². The van der Waals surface area contributed by atoms with E-state index < -0.39 is 5.97 Å². The van der Waals surface area contributed by atoms with Gasteiger partial charge >= 0.3 is 40.7 Å². The van der Waals surface area contributed by atoms with Gasteiger partial charge in [0.15, 0.2) is 0 Å². The molecule has 0 saturated heterocycles. The van der Waals surface area contributed by atoms with Crippen molar-refractivity contribution in [2.24, 2.45) is 0 Å². The van der Waals surface area contributed by atoms with Gasteiger partial charge in [0, 0.05) is 6.42 Å². The first-order valence-electron chi connectivity index (χ1n) is 8.99. The van der Waals surface area contributed by atoms with Gasteiger partial charge in [-0.2, -0.15) is 0 Å². The van der Waals surface area contributed by atoms with Crippen molar-refractivity contribution >= 4 is 40.7 Å². The number of hydrogen-bond acceptors (Lipinski definition) is 1. The summed E-state index contributed by atoms with van der Waals surface area (Å²) in [5.41, 5.74) is 0. The molecule has 0 aromatic carbocycles. The minimum Gasteiger partial charge on any atom is -2.00 e. The molecule has 7 heteroatoms. The summed E-state index contributed by atoms with van der Waals surface area (Å²) in [5, 5.41) is 8.52. The van der Waals surface area contributed by atoms with Crippen LogP contribution in [0.3, 0.4) is 0 Å². The zero-order chi connectivity index (χ0) is 14.9. The van der Waals surface area contributed by atoms with Crippen LogP contribution in [-0.2, 0) is 21.2 Å². The van der Waals surface area contributed by atoms with Gasteiger partial charge in [-0.25, -0.2) is 0 Å². The maximum atomic E-state index is 10.3. The summed E-state index contributed by atoms with van der Waals surface area (Å²) in [5.74, 6) is -0.653. The fraction of sp³-hybridized carbons (Fsp3) is 0.944. The Kier molecular flexibility index (Phi) is 57.1. The molecular weight excluding hydrogens is 350 g/mol. The molecule has 0 fully saturated rings. The van der Waals surface area contributed by atoms with Gasteiger partial charge < -0.3 is 21.5 Å². The molecule has 1 N–H and O–H groups in total. The second-order valence-electron chi connectivity index (χ2n) is 6.09. The number of carbonyl (C=O) groups is 1. The molecule has 0 atom stereocenters. The number of aliphatic carboxylic acids is 1.